The highest BCUT2D eigenvalue weighted by atomic mass is 79.9. The van der Waals surface area contributed by atoms with Gasteiger partial charge >= 0.3 is 0 Å². The van der Waals surface area contributed by atoms with E-state index in [0.29, 0.717) is 13.1 Å². The van der Waals surface area contributed by atoms with Crippen molar-refractivity contribution in [1.82, 2.24) is 5.32 Å². The molecule has 0 bridgehead atoms. The quantitative estimate of drug-likeness (QED) is 0.863. The number of nitrogens with zero attached hydrogens (tertiary/aromatic N) is 1. The SMILES string of the molecule is Cc1ccc(N2CC(=O)NCC2(C)C)cc1Br. The van der Waals surface area contributed by atoms with E-state index in [4.69, 9.17) is 0 Å². The van der Waals surface area contributed by atoms with Gasteiger partial charge in [-0.15, -0.1) is 0 Å². The molecule has 3 nitrogen and oxygen atoms in total. The van der Waals surface area contributed by atoms with Crippen LogP contribution in [0.1, 0.15) is 19.4 Å². The highest BCUT2D eigenvalue weighted by Gasteiger charge is 2.33. The standard InChI is InChI=1S/C13H17BrN2O/c1-9-4-5-10(6-11(9)14)16-7-12(17)15-8-13(16,2)3/h4-6H,7-8H2,1-3H3,(H,15,17). The number of hydrogen-bond donors (Lipinski definition) is 1. The number of carbonyl (C=O) groups excluding carboxylic acids is 1. The van der Waals surface area contributed by atoms with Gasteiger partial charge in [-0.05, 0) is 38.5 Å². The van der Waals surface area contributed by atoms with E-state index in [2.05, 4.69) is 65.1 Å². The van der Waals surface area contributed by atoms with Crippen LogP contribution in [0.15, 0.2) is 22.7 Å². The van der Waals surface area contributed by atoms with Gasteiger partial charge in [-0.25, -0.2) is 0 Å². The summed E-state index contributed by atoms with van der Waals surface area (Å²) >= 11 is 3.54. The maximum Gasteiger partial charge on any atom is 0.239 e. The summed E-state index contributed by atoms with van der Waals surface area (Å²) in [4.78, 5) is 13.7. The van der Waals surface area contributed by atoms with E-state index >= 15 is 0 Å². The van der Waals surface area contributed by atoms with Crippen LogP contribution < -0.4 is 10.2 Å². The molecule has 0 atom stereocenters. The van der Waals surface area contributed by atoms with Gasteiger partial charge in [0, 0.05) is 16.7 Å². The molecule has 1 aliphatic rings. The zero-order valence-electron chi connectivity index (χ0n) is 10.4. The monoisotopic (exact) mass is 296 g/mol. The number of amides is 1. The second kappa shape index (κ2) is 4.33. The molecule has 4 heteroatoms. The molecule has 1 fully saturated rings. The van der Waals surface area contributed by atoms with E-state index in [0.717, 1.165) is 10.2 Å². The number of anilines is 1. The van der Waals surface area contributed by atoms with E-state index in [9.17, 15) is 4.79 Å². The van der Waals surface area contributed by atoms with Crippen LogP contribution in [-0.4, -0.2) is 24.5 Å². The number of aryl methyl sites for hydroxylation is 1. The van der Waals surface area contributed by atoms with Crippen LogP contribution >= 0.6 is 15.9 Å². The summed E-state index contributed by atoms with van der Waals surface area (Å²) in [6.45, 7) is 7.43. The van der Waals surface area contributed by atoms with Gasteiger partial charge in [0.2, 0.25) is 5.91 Å². The lowest BCUT2D eigenvalue weighted by molar-refractivity contribution is -0.121. The molecule has 0 radical (unpaired) electrons. The highest BCUT2D eigenvalue weighted by Crippen LogP contribution is 2.29. The Labute approximate surface area is 110 Å². The van der Waals surface area contributed by atoms with Crippen molar-refractivity contribution in [3.05, 3.63) is 28.2 Å². The number of nitrogens with one attached hydrogen (secondary N) is 1. The Balaban J connectivity index is 2.36. The third-order valence-corrected chi connectivity index (χ3v) is 4.07. The van der Waals surface area contributed by atoms with Gasteiger partial charge in [-0.1, -0.05) is 22.0 Å². The Morgan fingerprint density at radius 3 is 2.76 bits per heavy atom. The summed E-state index contributed by atoms with van der Waals surface area (Å²) in [5.41, 5.74) is 2.23. The van der Waals surface area contributed by atoms with Crippen molar-refractivity contribution in [2.75, 3.05) is 18.0 Å². The molecule has 1 N–H and O–H groups in total. The Morgan fingerprint density at radius 1 is 1.41 bits per heavy atom. The van der Waals surface area contributed by atoms with Crippen molar-refractivity contribution >= 4 is 27.5 Å². The minimum Gasteiger partial charge on any atom is -0.355 e. The lowest BCUT2D eigenvalue weighted by atomic mass is 9.98. The fourth-order valence-electron chi connectivity index (χ4n) is 2.01. The minimum atomic E-state index is -0.0530. The van der Waals surface area contributed by atoms with Crippen molar-refractivity contribution in [2.24, 2.45) is 0 Å². The number of carbonyl (C=O) groups is 1. The average Bonchev–Trinajstić information content (AvgIpc) is 2.26. The van der Waals surface area contributed by atoms with Crippen LogP contribution in [0, 0.1) is 6.92 Å². The molecule has 1 aromatic carbocycles. The third-order valence-electron chi connectivity index (χ3n) is 3.22. The van der Waals surface area contributed by atoms with E-state index in [1.54, 1.807) is 0 Å². The lowest BCUT2D eigenvalue weighted by Gasteiger charge is -2.43. The van der Waals surface area contributed by atoms with Crippen LogP contribution in [0.2, 0.25) is 0 Å². The van der Waals surface area contributed by atoms with Crippen molar-refractivity contribution in [1.29, 1.82) is 0 Å². The first-order valence-corrected chi connectivity index (χ1v) is 6.50. The zero-order chi connectivity index (χ0) is 12.6. The zero-order valence-corrected chi connectivity index (χ0v) is 12.0. The Kier molecular flexibility index (Phi) is 3.17. The average molecular weight is 297 g/mol. The van der Waals surface area contributed by atoms with Crippen LogP contribution in [0.3, 0.4) is 0 Å². The third kappa shape index (κ3) is 2.46. The van der Waals surface area contributed by atoms with E-state index < -0.39 is 0 Å². The van der Waals surface area contributed by atoms with Crippen molar-refractivity contribution in [2.45, 2.75) is 26.3 Å². The second-order valence-corrected chi connectivity index (χ2v) is 5.96. The first-order valence-electron chi connectivity index (χ1n) is 5.71. The number of piperazine rings is 1. The molecule has 1 aromatic rings. The minimum absolute atomic E-state index is 0.0530. The van der Waals surface area contributed by atoms with Crippen molar-refractivity contribution in [3.8, 4) is 0 Å². The van der Waals surface area contributed by atoms with E-state index in [1.165, 1.54) is 5.56 Å². The van der Waals surface area contributed by atoms with Crippen molar-refractivity contribution in [3.63, 3.8) is 0 Å². The van der Waals surface area contributed by atoms with Gasteiger partial charge < -0.3 is 10.2 Å². The van der Waals surface area contributed by atoms with Gasteiger partial charge in [0.05, 0.1) is 12.1 Å². The number of benzene rings is 1. The van der Waals surface area contributed by atoms with Crippen LogP contribution in [0.5, 0.6) is 0 Å². The van der Waals surface area contributed by atoms with Gasteiger partial charge in [0.25, 0.3) is 0 Å². The van der Waals surface area contributed by atoms with E-state index in [1.807, 2.05) is 0 Å². The maximum atomic E-state index is 11.5. The van der Waals surface area contributed by atoms with Crippen LogP contribution in [0.25, 0.3) is 0 Å². The smallest absolute Gasteiger partial charge is 0.239 e. The number of hydrogen-bond acceptors (Lipinski definition) is 2. The topological polar surface area (TPSA) is 32.3 Å². The summed E-state index contributed by atoms with van der Waals surface area (Å²) in [5, 5.41) is 2.91. The summed E-state index contributed by atoms with van der Waals surface area (Å²) in [5.74, 6) is 0.0843. The highest BCUT2D eigenvalue weighted by molar-refractivity contribution is 9.10. The summed E-state index contributed by atoms with van der Waals surface area (Å²) in [6.07, 6.45) is 0. The molecule has 2 rings (SSSR count). The predicted octanol–water partition coefficient (Wildman–Crippen LogP) is 2.47. The molecular formula is C13H17BrN2O. The normalized spacial score (nSPS) is 19.1. The predicted molar refractivity (Wildman–Crippen MR) is 73.3 cm³/mol. The Morgan fingerprint density at radius 2 is 2.12 bits per heavy atom. The van der Waals surface area contributed by atoms with Crippen LogP contribution in [-0.2, 0) is 4.79 Å². The molecule has 0 aromatic heterocycles. The van der Waals surface area contributed by atoms with Gasteiger partial charge in [-0.3, -0.25) is 4.79 Å². The molecule has 0 saturated carbocycles. The molecule has 92 valence electrons. The fraction of sp³-hybridized carbons (Fsp3) is 0.462. The molecule has 0 aliphatic carbocycles. The Bertz CT molecular complexity index is 457. The summed E-state index contributed by atoms with van der Waals surface area (Å²) in [7, 11) is 0. The lowest BCUT2D eigenvalue weighted by Crippen LogP contribution is -2.60. The number of rotatable bonds is 1. The van der Waals surface area contributed by atoms with Gasteiger partial charge in [0.15, 0.2) is 0 Å². The first-order chi connectivity index (χ1) is 7.90. The fourth-order valence-corrected chi connectivity index (χ4v) is 2.38. The summed E-state index contributed by atoms with van der Waals surface area (Å²) < 4.78 is 1.08. The molecule has 0 spiro atoms. The largest absolute Gasteiger partial charge is 0.355 e. The molecule has 1 aliphatic heterocycles. The van der Waals surface area contributed by atoms with E-state index in [-0.39, 0.29) is 11.4 Å². The second-order valence-electron chi connectivity index (χ2n) is 5.11. The van der Waals surface area contributed by atoms with Gasteiger partial charge in [0.1, 0.15) is 0 Å². The van der Waals surface area contributed by atoms with Gasteiger partial charge in [-0.2, -0.15) is 0 Å². The number of halogens is 1. The molecular weight excluding hydrogens is 280 g/mol. The first kappa shape index (κ1) is 12.4. The molecule has 0 unspecified atom stereocenters. The maximum absolute atomic E-state index is 11.5. The summed E-state index contributed by atoms with van der Waals surface area (Å²) in [6, 6.07) is 6.22. The van der Waals surface area contributed by atoms with Crippen molar-refractivity contribution < 1.29 is 4.79 Å². The Hall–Kier alpha value is -1.03. The molecule has 1 saturated heterocycles. The van der Waals surface area contributed by atoms with Crippen LogP contribution in [0.4, 0.5) is 5.69 Å². The molecule has 17 heavy (non-hydrogen) atoms. The molecule has 1 amide bonds. The molecule has 1 heterocycles.